The SMILES string of the molecule is CCCCCCCCC(=O)N1[C@H](C)CC[C@@H]1C. The van der Waals surface area contributed by atoms with Gasteiger partial charge in [-0.3, -0.25) is 4.79 Å². The maximum absolute atomic E-state index is 12.1. The van der Waals surface area contributed by atoms with Crippen LogP contribution in [0, 0.1) is 0 Å². The smallest absolute Gasteiger partial charge is 0.223 e. The van der Waals surface area contributed by atoms with E-state index in [4.69, 9.17) is 0 Å². The third kappa shape index (κ3) is 4.69. The predicted octanol–water partition coefficient (Wildman–Crippen LogP) is 4.14. The van der Waals surface area contributed by atoms with Crippen molar-refractivity contribution in [2.24, 2.45) is 0 Å². The predicted molar refractivity (Wildman–Crippen MR) is 73.0 cm³/mol. The van der Waals surface area contributed by atoms with E-state index in [-0.39, 0.29) is 0 Å². The first-order valence-electron chi connectivity index (χ1n) is 7.48. The van der Waals surface area contributed by atoms with Gasteiger partial charge in [0, 0.05) is 18.5 Å². The summed E-state index contributed by atoms with van der Waals surface area (Å²) in [4.78, 5) is 14.2. The van der Waals surface area contributed by atoms with Crippen molar-refractivity contribution in [3.8, 4) is 0 Å². The zero-order chi connectivity index (χ0) is 12.7. The van der Waals surface area contributed by atoms with Crippen molar-refractivity contribution in [1.82, 2.24) is 4.90 Å². The second-order valence-corrected chi connectivity index (χ2v) is 5.59. The number of likely N-dealkylation sites (tertiary alicyclic amines) is 1. The van der Waals surface area contributed by atoms with Crippen LogP contribution in [0.3, 0.4) is 0 Å². The number of unbranched alkanes of at least 4 members (excludes halogenated alkanes) is 5. The van der Waals surface area contributed by atoms with Gasteiger partial charge in [-0.15, -0.1) is 0 Å². The summed E-state index contributed by atoms with van der Waals surface area (Å²) in [5.74, 6) is 0.387. The van der Waals surface area contributed by atoms with Gasteiger partial charge in [-0.2, -0.15) is 0 Å². The molecular weight excluding hydrogens is 210 g/mol. The first-order valence-corrected chi connectivity index (χ1v) is 7.48. The molecule has 0 spiro atoms. The summed E-state index contributed by atoms with van der Waals surface area (Å²) in [6.45, 7) is 6.60. The molecule has 2 atom stereocenters. The maximum Gasteiger partial charge on any atom is 0.223 e. The minimum atomic E-state index is 0.387. The molecule has 1 aliphatic rings. The summed E-state index contributed by atoms with van der Waals surface area (Å²) in [7, 11) is 0. The monoisotopic (exact) mass is 239 g/mol. The minimum Gasteiger partial charge on any atom is -0.337 e. The summed E-state index contributed by atoms with van der Waals surface area (Å²) in [5.41, 5.74) is 0. The van der Waals surface area contributed by atoms with Crippen molar-refractivity contribution >= 4 is 5.91 Å². The Morgan fingerprint density at radius 2 is 1.53 bits per heavy atom. The van der Waals surface area contributed by atoms with Gasteiger partial charge in [-0.05, 0) is 33.1 Å². The first-order chi connectivity index (χ1) is 8.16. The maximum atomic E-state index is 12.1. The van der Waals surface area contributed by atoms with Gasteiger partial charge in [0.15, 0.2) is 0 Å². The molecule has 2 heteroatoms. The van der Waals surface area contributed by atoms with Crippen LogP contribution in [0.5, 0.6) is 0 Å². The molecule has 0 aromatic heterocycles. The Kier molecular flexibility index (Phi) is 6.61. The topological polar surface area (TPSA) is 20.3 Å². The highest BCUT2D eigenvalue weighted by Crippen LogP contribution is 2.24. The van der Waals surface area contributed by atoms with E-state index in [1.165, 1.54) is 44.9 Å². The van der Waals surface area contributed by atoms with Crippen molar-refractivity contribution in [3.63, 3.8) is 0 Å². The Labute approximate surface area is 107 Å². The van der Waals surface area contributed by atoms with E-state index in [9.17, 15) is 4.79 Å². The van der Waals surface area contributed by atoms with Gasteiger partial charge in [0.05, 0.1) is 0 Å². The molecule has 0 aromatic rings. The van der Waals surface area contributed by atoms with Crippen molar-refractivity contribution in [2.45, 2.75) is 90.6 Å². The zero-order valence-electron chi connectivity index (χ0n) is 11.9. The first kappa shape index (κ1) is 14.5. The third-order valence-corrected chi connectivity index (χ3v) is 3.98. The van der Waals surface area contributed by atoms with Gasteiger partial charge in [0.2, 0.25) is 5.91 Å². The fraction of sp³-hybridized carbons (Fsp3) is 0.933. The molecule has 1 aliphatic heterocycles. The molecule has 0 radical (unpaired) electrons. The normalized spacial score (nSPS) is 24.3. The Balaban J connectivity index is 2.12. The van der Waals surface area contributed by atoms with Gasteiger partial charge < -0.3 is 4.90 Å². The fourth-order valence-corrected chi connectivity index (χ4v) is 2.87. The Hall–Kier alpha value is -0.530. The van der Waals surface area contributed by atoms with Crippen LogP contribution in [0.4, 0.5) is 0 Å². The highest BCUT2D eigenvalue weighted by molar-refractivity contribution is 5.77. The van der Waals surface area contributed by atoms with Crippen LogP contribution < -0.4 is 0 Å². The molecule has 2 nitrogen and oxygen atoms in total. The van der Waals surface area contributed by atoms with Crippen LogP contribution >= 0.6 is 0 Å². The van der Waals surface area contributed by atoms with E-state index in [1.54, 1.807) is 0 Å². The molecule has 0 unspecified atom stereocenters. The van der Waals surface area contributed by atoms with Gasteiger partial charge in [0.25, 0.3) is 0 Å². The largest absolute Gasteiger partial charge is 0.337 e. The standard InChI is InChI=1S/C15H29NO/c1-4-5-6-7-8-9-10-15(17)16-13(2)11-12-14(16)3/h13-14H,4-12H2,1-3H3/t13-,14+. The summed E-state index contributed by atoms with van der Waals surface area (Å²) >= 11 is 0. The number of carbonyl (C=O) groups excluding carboxylic acids is 1. The van der Waals surface area contributed by atoms with Gasteiger partial charge in [-0.1, -0.05) is 39.0 Å². The summed E-state index contributed by atoms with van der Waals surface area (Å²) < 4.78 is 0. The number of amides is 1. The molecule has 1 amide bonds. The lowest BCUT2D eigenvalue weighted by Gasteiger charge is -2.26. The molecule has 0 N–H and O–H groups in total. The molecule has 0 saturated carbocycles. The van der Waals surface area contributed by atoms with E-state index in [1.807, 2.05) is 0 Å². The van der Waals surface area contributed by atoms with E-state index in [0.29, 0.717) is 18.0 Å². The summed E-state index contributed by atoms with van der Waals surface area (Å²) in [5, 5.41) is 0. The van der Waals surface area contributed by atoms with Crippen LogP contribution in [-0.2, 0) is 4.79 Å². The third-order valence-electron chi connectivity index (χ3n) is 3.98. The number of rotatable bonds is 7. The quantitative estimate of drug-likeness (QED) is 0.612. The molecular formula is C15H29NO. The van der Waals surface area contributed by atoms with E-state index < -0.39 is 0 Å². The van der Waals surface area contributed by atoms with E-state index >= 15 is 0 Å². The second-order valence-electron chi connectivity index (χ2n) is 5.59. The van der Waals surface area contributed by atoms with Crippen molar-refractivity contribution in [3.05, 3.63) is 0 Å². The molecule has 0 aliphatic carbocycles. The highest BCUT2D eigenvalue weighted by Gasteiger charge is 2.30. The fourth-order valence-electron chi connectivity index (χ4n) is 2.87. The minimum absolute atomic E-state index is 0.387. The molecule has 1 fully saturated rings. The van der Waals surface area contributed by atoms with Crippen molar-refractivity contribution in [2.75, 3.05) is 0 Å². The molecule has 100 valence electrons. The molecule has 1 saturated heterocycles. The summed E-state index contributed by atoms with van der Waals surface area (Å²) in [6.07, 6.45) is 10.7. The Bertz CT molecular complexity index is 217. The molecule has 1 heterocycles. The van der Waals surface area contributed by atoms with Gasteiger partial charge >= 0.3 is 0 Å². The van der Waals surface area contributed by atoms with Crippen LogP contribution in [-0.4, -0.2) is 22.9 Å². The number of carbonyl (C=O) groups is 1. The molecule has 17 heavy (non-hydrogen) atoms. The van der Waals surface area contributed by atoms with Crippen LogP contribution in [0.1, 0.15) is 78.6 Å². The Morgan fingerprint density at radius 3 is 2.12 bits per heavy atom. The second kappa shape index (κ2) is 7.73. The van der Waals surface area contributed by atoms with Gasteiger partial charge in [-0.25, -0.2) is 0 Å². The number of hydrogen-bond acceptors (Lipinski definition) is 1. The average Bonchev–Trinajstić information content (AvgIpc) is 2.63. The lowest BCUT2D eigenvalue weighted by Crippen LogP contribution is -2.38. The lowest BCUT2D eigenvalue weighted by molar-refractivity contribution is -0.133. The zero-order valence-corrected chi connectivity index (χ0v) is 11.9. The molecule has 0 bridgehead atoms. The van der Waals surface area contributed by atoms with Crippen molar-refractivity contribution in [1.29, 1.82) is 0 Å². The number of hydrogen-bond donors (Lipinski definition) is 0. The van der Waals surface area contributed by atoms with E-state index in [2.05, 4.69) is 25.7 Å². The Morgan fingerprint density at radius 1 is 1.00 bits per heavy atom. The van der Waals surface area contributed by atoms with Crippen LogP contribution in [0.2, 0.25) is 0 Å². The van der Waals surface area contributed by atoms with Crippen molar-refractivity contribution < 1.29 is 4.79 Å². The van der Waals surface area contributed by atoms with Gasteiger partial charge in [0.1, 0.15) is 0 Å². The highest BCUT2D eigenvalue weighted by atomic mass is 16.2. The molecule has 1 rings (SSSR count). The average molecular weight is 239 g/mol. The van der Waals surface area contributed by atoms with Crippen LogP contribution in [0.25, 0.3) is 0 Å². The van der Waals surface area contributed by atoms with E-state index in [0.717, 1.165) is 12.8 Å². The molecule has 0 aromatic carbocycles. The van der Waals surface area contributed by atoms with Crippen LogP contribution in [0.15, 0.2) is 0 Å². The summed E-state index contributed by atoms with van der Waals surface area (Å²) in [6, 6.07) is 0.940. The lowest BCUT2D eigenvalue weighted by atomic mass is 10.1. The number of nitrogens with zero attached hydrogens (tertiary/aromatic N) is 1.